The van der Waals surface area contributed by atoms with Crippen molar-refractivity contribution in [3.63, 3.8) is 0 Å². The Bertz CT molecular complexity index is 797. The summed E-state index contributed by atoms with van der Waals surface area (Å²) in [6.45, 7) is 6.12. The summed E-state index contributed by atoms with van der Waals surface area (Å²) in [4.78, 5) is 31.9. The fourth-order valence-electron chi connectivity index (χ4n) is 3.01. The minimum atomic E-state index is -0.320. The number of aryl methyl sites for hydroxylation is 2. The molecule has 2 heterocycles. The monoisotopic (exact) mass is 372 g/mol. The van der Waals surface area contributed by atoms with Gasteiger partial charge in [-0.2, -0.15) is 4.98 Å². The summed E-state index contributed by atoms with van der Waals surface area (Å²) in [5.74, 6) is 1.01. The van der Waals surface area contributed by atoms with E-state index < -0.39 is 0 Å². The van der Waals surface area contributed by atoms with E-state index in [2.05, 4.69) is 10.1 Å². The molecular formula is C19H24N4O4. The first-order chi connectivity index (χ1) is 13.1. The van der Waals surface area contributed by atoms with Gasteiger partial charge < -0.3 is 19.1 Å². The van der Waals surface area contributed by atoms with Gasteiger partial charge in [-0.15, -0.1) is 0 Å². The number of piperazine rings is 1. The average Bonchev–Trinajstić information content (AvgIpc) is 3.15. The summed E-state index contributed by atoms with van der Waals surface area (Å²) in [7, 11) is 0. The molecule has 1 aromatic carbocycles. The lowest BCUT2D eigenvalue weighted by Crippen LogP contribution is -2.50. The molecule has 0 saturated carbocycles. The normalized spacial score (nSPS) is 14.3. The standard InChI is InChI=1S/C19H24N4O4/c1-3-26-19(25)23-12-10-22(11-13-23)17(24)9-8-16-20-18(21-27-16)15-7-5-4-6-14(15)2/h4-7H,3,8-13H2,1-2H3. The molecule has 0 radical (unpaired) electrons. The van der Waals surface area contributed by atoms with Crippen LogP contribution < -0.4 is 0 Å². The van der Waals surface area contributed by atoms with Crippen molar-refractivity contribution in [3.8, 4) is 11.4 Å². The molecule has 1 aliphatic heterocycles. The summed E-state index contributed by atoms with van der Waals surface area (Å²) in [5, 5.41) is 4.02. The minimum absolute atomic E-state index is 0.0224. The Labute approximate surface area is 158 Å². The van der Waals surface area contributed by atoms with E-state index in [9.17, 15) is 9.59 Å². The molecule has 8 heteroatoms. The van der Waals surface area contributed by atoms with Crippen molar-refractivity contribution >= 4 is 12.0 Å². The summed E-state index contributed by atoms with van der Waals surface area (Å²) < 4.78 is 10.3. The van der Waals surface area contributed by atoms with Crippen molar-refractivity contribution < 1.29 is 18.8 Å². The van der Waals surface area contributed by atoms with Crippen molar-refractivity contribution in [2.24, 2.45) is 0 Å². The molecule has 0 atom stereocenters. The van der Waals surface area contributed by atoms with Crippen LogP contribution in [-0.4, -0.2) is 64.7 Å². The van der Waals surface area contributed by atoms with Crippen molar-refractivity contribution in [3.05, 3.63) is 35.7 Å². The molecule has 0 unspecified atom stereocenters. The van der Waals surface area contributed by atoms with Gasteiger partial charge in [0.25, 0.3) is 0 Å². The van der Waals surface area contributed by atoms with E-state index in [0.29, 0.717) is 57.3 Å². The molecule has 0 spiro atoms. The number of carbonyl (C=O) groups is 2. The average molecular weight is 372 g/mol. The van der Waals surface area contributed by atoms with E-state index in [1.165, 1.54) is 0 Å². The molecule has 1 fully saturated rings. The summed E-state index contributed by atoms with van der Waals surface area (Å²) >= 11 is 0. The predicted octanol–water partition coefficient (Wildman–Crippen LogP) is 2.28. The molecule has 144 valence electrons. The van der Waals surface area contributed by atoms with Gasteiger partial charge >= 0.3 is 6.09 Å². The summed E-state index contributed by atoms with van der Waals surface area (Å²) in [6.07, 6.45) is 0.379. The SMILES string of the molecule is CCOC(=O)N1CCN(C(=O)CCc2nc(-c3ccccc3C)no2)CC1. The molecule has 2 aromatic rings. The third kappa shape index (κ3) is 4.64. The maximum absolute atomic E-state index is 12.4. The molecule has 1 saturated heterocycles. The Morgan fingerprint density at radius 2 is 1.85 bits per heavy atom. The fraction of sp³-hybridized carbons (Fsp3) is 0.474. The number of rotatable bonds is 5. The molecule has 1 aliphatic rings. The van der Waals surface area contributed by atoms with Crippen LogP contribution in [0.3, 0.4) is 0 Å². The minimum Gasteiger partial charge on any atom is -0.450 e. The van der Waals surface area contributed by atoms with Crippen LogP contribution >= 0.6 is 0 Å². The van der Waals surface area contributed by atoms with Gasteiger partial charge in [0.2, 0.25) is 17.6 Å². The Morgan fingerprint density at radius 1 is 1.15 bits per heavy atom. The van der Waals surface area contributed by atoms with E-state index in [-0.39, 0.29) is 12.0 Å². The van der Waals surface area contributed by atoms with Crippen molar-refractivity contribution in [2.75, 3.05) is 32.8 Å². The third-order valence-electron chi connectivity index (χ3n) is 4.57. The highest BCUT2D eigenvalue weighted by Crippen LogP contribution is 2.20. The number of hydrogen-bond acceptors (Lipinski definition) is 6. The van der Waals surface area contributed by atoms with Crippen molar-refractivity contribution in [1.82, 2.24) is 19.9 Å². The molecule has 0 N–H and O–H groups in total. The Hall–Kier alpha value is -2.90. The first kappa shape index (κ1) is 18.9. The number of hydrogen-bond donors (Lipinski definition) is 0. The number of benzene rings is 1. The quantitative estimate of drug-likeness (QED) is 0.800. The number of ether oxygens (including phenoxy) is 1. The topological polar surface area (TPSA) is 88.8 Å². The van der Waals surface area contributed by atoms with Crippen molar-refractivity contribution in [1.29, 1.82) is 0 Å². The van der Waals surface area contributed by atoms with Crippen molar-refractivity contribution in [2.45, 2.75) is 26.7 Å². The molecule has 8 nitrogen and oxygen atoms in total. The van der Waals surface area contributed by atoms with E-state index in [4.69, 9.17) is 9.26 Å². The predicted molar refractivity (Wildman–Crippen MR) is 98.0 cm³/mol. The maximum Gasteiger partial charge on any atom is 0.409 e. The van der Waals surface area contributed by atoms with Gasteiger partial charge in [-0.1, -0.05) is 29.4 Å². The summed E-state index contributed by atoms with van der Waals surface area (Å²) in [6, 6.07) is 7.82. The second kappa shape index (κ2) is 8.66. The highest BCUT2D eigenvalue weighted by Gasteiger charge is 2.25. The highest BCUT2D eigenvalue weighted by molar-refractivity contribution is 5.77. The van der Waals surface area contributed by atoms with Crippen LogP contribution in [-0.2, 0) is 16.0 Å². The highest BCUT2D eigenvalue weighted by atomic mass is 16.6. The van der Waals surface area contributed by atoms with Gasteiger partial charge in [0, 0.05) is 44.6 Å². The number of carbonyl (C=O) groups excluding carboxylic acids is 2. The molecule has 1 aromatic heterocycles. The molecule has 0 aliphatic carbocycles. The molecular weight excluding hydrogens is 348 g/mol. The number of aromatic nitrogens is 2. The van der Waals surface area contributed by atoms with Crippen LogP contribution in [0.2, 0.25) is 0 Å². The van der Waals surface area contributed by atoms with Gasteiger partial charge in [0.1, 0.15) is 0 Å². The Morgan fingerprint density at radius 3 is 2.56 bits per heavy atom. The zero-order valence-corrected chi connectivity index (χ0v) is 15.7. The first-order valence-corrected chi connectivity index (χ1v) is 9.16. The zero-order chi connectivity index (χ0) is 19.2. The van der Waals surface area contributed by atoms with Gasteiger partial charge in [-0.05, 0) is 19.4 Å². The first-order valence-electron chi connectivity index (χ1n) is 9.16. The van der Waals surface area contributed by atoms with Crippen LogP contribution in [0.4, 0.5) is 4.79 Å². The summed E-state index contributed by atoms with van der Waals surface area (Å²) in [5.41, 5.74) is 1.99. The maximum atomic E-state index is 12.4. The van der Waals surface area contributed by atoms with Gasteiger partial charge in [-0.3, -0.25) is 4.79 Å². The van der Waals surface area contributed by atoms with Crippen LogP contribution in [0.25, 0.3) is 11.4 Å². The second-order valence-electron chi connectivity index (χ2n) is 6.39. The lowest BCUT2D eigenvalue weighted by atomic mass is 10.1. The smallest absolute Gasteiger partial charge is 0.409 e. The Kier molecular flexibility index (Phi) is 6.05. The molecule has 0 bridgehead atoms. The molecule has 3 rings (SSSR count). The van der Waals surface area contributed by atoms with E-state index in [1.807, 2.05) is 31.2 Å². The fourth-order valence-corrected chi connectivity index (χ4v) is 3.01. The van der Waals surface area contributed by atoms with Crippen LogP contribution in [0.1, 0.15) is 24.8 Å². The second-order valence-corrected chi connectivity index (χ2v) is 6.39. The lowest BCUT2D eigenvalue weighted by molar-refractivity contribution is -0.132. The largest absolute Gasteiger partial charge is 0.450 e. The van der Waals surface area contributed by atoms with Gasteiger partial charge in [0.15, 0.2) is 0 Å². The van der Waals surface area contributed by atoms with Crippen LogP contribution in [0, 0.1) is 6.92 Å². The van der Waals surface area contributed by atoms with E-state index >= 15 is 0 Å². The van der Waals surface area contributed by atoms with Gasteiger partial charge in [-0.25, -0.2) is 4.79 Å². The van der Waals surface area contributed by atoms with Gasteiger partial charge in [0.05, 0.1) is 6.61 Å². The zero-order valence-electron chi connectivity index (χ0n) is 15.7. The van der Waals surface area contributed by atoms with E-state index in [0.717, 1.165) is 11.1 Å². The number of nitrogens with zero attached hydrogens (tertiary/aromatic N) is 4. The number of amides is 2. The third-order valence-corrected chi connectivity index (χ3v) is 4.57. The lowest BCUT2D eigenvalue weighted by Gasteiger charge is -2.34. The van der Waals surface area contributed by atoms with Crippen LogP contribution in [0.15, 0.2) is 28.8 Å². The van der Waals surface area contributed by atoms with E-state index in [1.54, 1.807) is 16.7 Å². The van der Waals surface area contributed by atoms with Crippen LogP contribution in [0.5, 0.6) is 0 Å². The molecule has 27 heavy (non-hydrogen) atoms. The molecule has 2 amide bonds. The Balaban J connectivity index is 1.49.